The maximum Gasteiger partial charge on any atom is 0.434 e. The van der Waals surface area contributed by atoms with Gasteiger partial charge in [0.15, 0.2) is 11.5 Å². The highest BCUT2D eigenvalue weighted by Crippen LogP contribution is 2.34. The van der Waals surface area contributed by atoms with E-state index in [1.54, 1.807) is 24.3 Å². The van der Waals surface area contributed by atoms with E-state index in [0.717, 1.165) is 22.9 Å². The molecule has 0 saturated carbocycles. The Balaban J connectivity index is 1.69. The van der Waals surface area contributed by atoms with E-state index in [-0.39, 0.29) is 18.2 Å². The predicted octanol–water partition coefficient (Wildman–Crippen LogP) is 5.62. The van der Waals surface area contributed by atoms with Gasteiger partial charge >= 0.3 is 12.1 Å². The van der Waals surface area contributed by atoms with Crippen LogP contribution in [0.15, 0.2) is 72.9 Å². The topological polar surface area (TPSA) is 77.2 Å². The van der Waals surface area contributed by atoms with Gasteiger partial charge in [0.1, 0.15) is 11.3 Å². The van der Waals surface area contributed by atoms with Crippen LogP contribution in [-0.2, 0) is 23.8 Å². The summed E-state index contributed by atoms with van der Waals surface area (Å²) in [7, 11) is 0. The van der Waals surface area contributed by atoms with E-state index in [1.807, 2.05) is 36.4 Å². The van der Waals surface area contributed by atoms with Crippen molar-refractivity contribution in [3.8, 4) is 22.8 Å². The van der Waals surface area contributed by atoms with Crippen molar-refractivity contribution in [3.05, 3.63) is 95.3 Å². The van der Waals surface area contributed by atoms with Crippen molar-refractivity contribution in [2.45, 2.75) is 25.9 Å². The Kier molecular flexibility index (Phi) is 6.86. The molecule has 0 aliphatic carbocycles. The zero-order valence-electron chi connectivity index (χ0n) is 18.8. The van der Waals surface area contributed by atoms with Crippen LogP contribution in [0.5, 0.6) is 5.75 Å². The minimum atomic E-state index is -4.85. The number of esters is 1. The summed E-state index contributed by atoms with van der Waals surface area (Å²) in [6.45, 7) is 1.45. The van der Waals surface area contributed by atoms with Crippen LogP contribution in [0.25, 0.3) is 17.1 Å². The fourth-order valence-corrected chi connectivity index (χ4v) is 3.77. The number of aromatic hydroxyl groups is 1. The molecule has 0 aliphatic rings. The van der Waals surface area contributed by atoms with Gasteiger partial charge in [0.25, 0.3) is 0 Å². The Labute approximate surface area is 199 Å². The molecule has 0 amide bonds. The third kappa shape index (κ3) is 5.34. The molecule has 0 unspecified atom stereocenters. The maximum absolute atomic E-state index is 13.9. The molecule has 0 fully saturated rings. The van der Waals surface area contributed by atoms with Crippen LogP contribution in [0.1, 0.15) is 34.1 Å². The fraction of sp³-hybridized carbons (Fsp3) is 0.192. The number of halogens is 3. The summed E-state index contributed by atoms with van der Waals surface area (Å²) in [4.78, 5) is 16.5. The molecule has 0 aliphatic heterocycles. The zero-order chi connectivity index (χ0) is 25.0. The molecule has 0 radical (unpaired) electrons. The highest BCUT2D eigenvalue weighted by molar-refractivity contribution is 5.90. The third-order valence-corrected chi connectivity index (χ3v) is 5.40. The van der Waals surface area contributed by atoms with Crippen LogP contribution in [0.3, 0.4) is 0 Å². The summed E-state index contributed by atoms with van der Waals surface area (Å²) in [6, 6.07) is 19.2. The van der Waals surface area contributed by atoms with E-state index in [0.29, 0.717) is 23.2 Å². The number of phenols is 1. The van der Waals surface area contributed by atoms with Crippen LogP contribution < -0.4 is 0 Å². The number of carbonyl (C=O) groups is 1. The number of benzene rings is 2. The van der Waals surface area contributed by atoms with Crippen molar-refractivity contribution >= 4 is 5.97 Å². The first-order chi connectivity index (χ1) is 16.8. The van der Waals surface area contributed by atoms with E-state index < -0.39 is 23.4 Å². The number of alkyl halides is 3. The van der Waals surface area contributed by atoms with Gasteiger partial charge in [-0.1, -0.05) is 42.5 Å². The van der Waals surface area contributed by atoms with Crippen LogP contribution in [0.4, 0.5) is 13.2 Å². The number of hydrogen-bond acceptors (Lipinski definition) is 5. The SMILES string of the molecule is CCOC(=O)c1cnn(-c2cccc(-c3ccccc3CCc3ccc(O)cc3)n2)c1C(F)(F)F. The monoisotopic (exact) mass is 481 g/mol. The summed E-state index contributed by atoms with van der Waals surface area (Å²) in [5.74, 6) is -0.973. The van der Waals surface area contributed by atoms with Gasteiger partial charge in [-0.05, 0) is 55.2 Å². The number of carbonyl (C=O) groups excluding carboxylic acids is 1. The number of phenolic OH excluding ortho intramolecular Hbond substituents is 1. The average molecular weight is 481 g/mol. The van der Waals surface area contributed by atoms with Gasteiger partial charge in [-0.15, -0.1) is 0 Å². The van der Waals surface area contributed by atoms with E-state index in [2.05, 4.69) is 10.1 Å². The Hall–Kier alpha value is -4.14. The molecule has 1 N–H and O–H groups in total. The Morgan fingerprint density at radius 2 is 1.74 bits per heavy atom. The van der Waals surface area contributed by atoms with E-state index >= 15 is 0 Å². The molecule has 9 heteroatoms. The van der Waals surface area contributed by atoms with Crippen molar-refractivity contribution in [1.82, 2.24) is 14.8 Å². The number of hydrogen-bond donors (Lipinski definition) is 1. The molecular formula is C26H22F3N3O3. The minimum absolute atomic E-state index is 0.0595. The predicted molar refractivity (Wildman–Crippen MR) is 123 cm³/mol. The van der Waals surface area contributed by atoms with Crippen LogP contribution in [0, 0.1) is 0 Å². The highest BCUT2D eigenvalue weighted by Gasteiger charge is 2.41. The van der Waals surface area contributed by atoms with Crippen LogP contribution in [-0.4, -0.2) is 32.4 Å². The highest BCUT2D eigenvalue weighted by atomic mass is 19.4. The van der Waals surface area contributed by atoms with E-state index in [1.165, 1.54) is 13.0 Å². The van der Waals surface area contributed by atoms with Crippen molar-refractivity contribution in [3.63, 3.8) is 0 Å². The lowest BCUT2D eigenvalue weighted by atomic mass is 9.97. The molecule has 6 nitrogen and oxygen atoms in total. The normalized spacial score (nSPS) is 11.4. The molecule has 0 bridgehead atoms. The number of rotatable bonds is 7. The third-order valence-electron chi connectivity index (χ3n) is 5.40. The first-order valence-corrected chi connectivity index (χ1v) is 10.9. The second kappa shape index (κ2) is 10.0. The molecule has 0 saturated heterocycles. The number of nitrogens with zero attached hydrogens (tertiary/aromatic N) is 3. The molecule has 2 aromatic heterocycles. The minimum Gasteiger partial charge on any atom is -0.508 e. The van der Waals surface area contributed by atoms with Gasteiger partial charge in [0.05, 0.1) is 18.5 Å². The number of aromatic nitrogens is 3. The lowest BCUT2D eigenvalue weighted by Gasteiger charge is -2.14. The molecular weight excluding hydrogens is 459 g/mol. The van der Waals surface area contributed by atoms with Crippen LogP contribution >= 0.6 is 0 Å². The summed E-state index contributed by atoms with van der Waals surface area (Å²) in [5.41, 5.74) is 1.36. The molecule has 4 aromatic rings. The zero-order valence-corrected chi connectivity index (χ0v) is 18.8. The van der Waals surface area contributed by atoms with Crippen molar-refractivity contribution in [2.75, 3.05) is 6.61 Å². The lowest BCUT2D eigenvalue weighted by Crippen LogP contribution is -2.19. The Bertz CT molecular complexity index is 1330. The average Bonchev–Trinajstić information content (AvgIpc) is 3.31. The van der Waals surface area contributed by atoms with E-state index in [9.17, 15) is 23.1 Å². The molecule has 180 valence electrons. The second-order valence-electron chi connectivity index (χ2n) is 7.74. The summed E-state index contributed by atoms with van der Waals surface area (Å²) in [6.07, 6.45) is -2.63. The van der Waals surface area contributed by atoms with Crippen molar-refractivity contribution in [1.29, 1.82) is 0 Å². The van der Waals surface area contributed by atoms with Gasteiger partial charge in [-0.25, -0.2) is 14.5 Å². The van der Waals surface area contributed by atoms with E-state index in [4.69, 9.17) is 4.74 Å². The first kappa shape index (κ1) is 24.0. The lowest BCUT2D eigenvalue weighted by molar-refractivity contribution is -0.143. The smallest absolute Gasteiger partial charge is 0.434 e. The Morgan fingerprint density at radius 3 is 2.46 bits per heavy atom. The number of ether oxygens (including phenoxy) is 1. The molecule has 4 rings (SSSR count). The fourth-order valence-electron chi connectivity index (χ4n) is 3.77. The second-order valence-corrected chi connectivity index (χ2v) is 7.74. The van der Waals surface area contributed by atoms with Gasteiger partial charge in [-0.2, -0.15) is 18.3 Å². The number of aryl methyl sites for hydroxylation is 2. The van der Waals surface area contributed by atoms with Gasteiger partial charge in [0, 0.05) is 5.56 Å². The molecule has 0 spiro atoms. The molecule has 35 heavy (non-hydrogen) atoms. The molecule has 0 atom stereocenters. The van der Waals surface area contributed by atoms with Gasteiger partial charge in [-0.3, -0.25) is 0 Å². The van der Waals surface area contributed by atoms with Crippen molar-refractivity contribution < 1.29 is 27.8 Å². The molecule has 2 aromatic carbocycles. The van der Waals surface area contributed by atoms with Crippen molar-refractivity contribution in [2.24, 2.45) is 0 Å². The summed E-state index contributed by atoms with van der Waals surface area (Å²) in [5, 5.41) is 13.3. The summed E-state index contributed by atoms with van der Waals surface area (Å²) < 4.78 is 47.1. The van der Waals surface area contributed by atoms with Gasteiger partial charge in [0.2, 0.25) is 0 Å². The quantitative estimate of drug-likeness (QED) is 0.347. The largest absolute Gasteiger partial charge is 0.508 e. The summed E-state index contributed by atoms with van der Waals surface area (Å²) >= 11 is 0. The van der Waals surface area contributed by atoms with Crippen LogP contribution in [0.2, 0.25) is 0 Å². The maximum atomic E-state index is 13.9. The molecule has 2 heterocycles. The standard InChI is InChI=1S/C26H22F3N3O3/c1-2-35-25(34)21-16-30-32(24(21)26(27,28)29)23-9-5-8-22(31-23)20-7-4-3-6-18(20)13-10-17-11-14-19(33)15-12-17/h3-9,11-12,14-16,33H,2,10,13H2,1H3. The first-order valence-electron chi connectivity index (χ1n) is 10.9. The number of pyridine rings is 1. The van der Waals surface area contributed by atoms with Gasteiger partial charge < -0.3 is 9.84 Å². The Morgan fingerprint density at radius 1 is 1.00 bits per heavy atom.